The summed E-state index contributed by atoms with van der Waals surface area (Å²) in [6.07, 6.45) is 0. The van der Waals surface area contributed by atoms with Gasteiger partial charge in [-0.3, -0.25) is 0 Å². The van der Waals surface area contributed by atoms with Gasteiger partial charge in [0.2, 0.25) is 0 Å². The first kappa shape index (κ1) is 40.5. The first-order valence-corrected chi connectivity index (χ1v) is 25.0. The Morgan fingerprint density at radius 1 is 0.264 bits per heavy atom. The smallest absolute Gasteiger partial charge is 0.0642 e. The Balaban J connectivity index is 1.18. The highest BCUT2D eigenvalue weighted by atomic mass is 15.2. The Hall–Kier alpha value is -9.38. The van der Waals surface area contributed by atoms with Crippen LogP contribution in [0.4, 0.5) is 34.1 Å². The number of benzene rings is 11. The Bertz CT molecular complexity index is 4280. The van der Waals surface area contributed by atoms with Crippen LogP contribution in [0.15, 0.2) is 243 Å². The lowest BCUT2D eigenvalue weighted by molar-refractivity contribution is 1.26. The average Bonchev–Trinajstić information content (AvgIpc) is 4.17. The number of rotatable bonds is 8. The summed E-state index contributed by atoms with van der Waals surface area (Å²) < 4.78 is 5.25. The molecular formula is C68H46N4. The Labute approximate surface area is 416 Å². The molecule has 0 unspecified atom stereocenters. The van der Waals surface area contributed by atoms with Gasteiger partial charge in [-0.2, -0.15) is 0 Å². The molecule has 0 bridgehead atoms. The third-order valence-electron chi connectivity index (χ3n) is 15.4. The van der Waals surface area contributed by atoms with Crippen LogP contribution >= 0.6 is 0 Å². The molecule has 4 heteroatoms. The Kier molecular flexibility index (Phi) is 8.75. The number of para-hydroxylation sites is 6. The molecule has 15 rings (SSSR count). The van der Waals surface area contributed by atoms with Crippen molar-refractivity contribution in [3.8, 4) is 22.3 Å². The predicted molar refractivity (Wildman–Crippen MR) is 305 cm³/mol. The summed E-state index contributed by atoms with van der Waals surface area (Å²) in [6, 6.07) is 89.4. The van der Waals surface area contributed by atoms with E-state index in [1.54, 1.807) is 0 Å². The van der Waals surface area contributed by atoms with E-state index in [1.807, 2.05) is 0 Å². The standard InChI is InChI=1S/C68H46N4/c1-43-23-15-19-35-53(43)69(47-29-11-5-12-30-47)57-41-39-51-63-59(45-25-7-3-8-26-45)68-64(60(46-27-9-4-10-28-46)67(63)71-55-37-21-17-33-49(55)61(57)65(51)71)52-40-42-58(62-50-34-18-22-38-56(50)72(68)66(52)62)70(48-31-13-6-14-32-48)54-36-20-16-24-44(54)2/h3-42H,1-2H3. The maximum Gasteiger partial charge on any atom is 0.0642 e. The van der Waals surface area contributed by atoms with Crippen LogP contribution in [0.25, 0.3) is 98.4 Å². The highest BCUT2D eigenvalue weighted by Gasteiger charge is 2.33. The van der Waals surface area contributed by atoms with Gasteiger partial charge in [0, 0.05) is 77.0 Å². The quantitative estimate of drug-likeness (QED) is 0.151. The van der Waals surface area contributed by atoms with E-state index in [0.717, 1.165) is 34.1 Å². The van der Waals surface area contributed by atoms with Crippen molar-refractivity contribution >= 4 is 110 Å². The molecule has 4 nitrogen and oxygen atoms in total. The summed E-state index contributed by atoms with van der Waals surface area (Å²) in [7, 11) is 0. The number of hydrogen-bond acceptors (Lipinski definition) is 2. The van der Waals surface area contributed by atoms with E-state index in [4.69, 9.17) is 0 Å². The van der Waals surface area contributed by atoms with Crippen molar-refractivity contribution < 1.29 is 0 Å². The largest absolute Gasteiger partial charge is 0.310 e. The van der Waals surface area contributed by atoms with Crippen molar-refractivity contribution in [2.45, 2.75) is 13.8 Å². The molecule has 0 spiro atoms. The van der Waals surface area contributed by atoms with Crippen molar-refractivity contribution in [2.24, 2.45) is 0 Å². The Morgan fingerprint density at radius 3 is 1.01 bits per heavy atom. The van der Waals surface area contributed by atoms with Crippen molar-refractivity contribution in [1.29, 1.82) is 0 Å². The van der Waals surface area contributed by atoms with Gasteiger partial charge in [0.25, 0.3) is 0 Å². The lowest BCUT2D eigenvalue weighted by atomic mass is 9.89. The number of fused-ring (bicyclic) bond motifs is 12. The lowest BCUT2D eigenvalue weighted by Gasteiger charge is -2.28. The van der Waals surface area contributed by atoms with Crippen LogP contribution in [0.5, 0.6) is 0 Å². The fourth-order valence-electron chi connectivity index (χ4n) is 12.5. The van der Waals surface area contributed by atoms with Gasteiger partial charge in [0.1, 0.15) is 0 Å². The summed E-state index contributed by atoms with van der Waals surface area (Å²) in [5.74, 6) is 0. The number of anilines is 6. The summed E-state index contributed by atoms with van der Waals surface area (Å²) in [4.78, 5) is 4.94. The molecule has 0 saturated carbocycles. The molecule has 72 heavy (non-hydrogen) atoms. The topological polar surface area (TPSA) is 15.3 Å². The molecule has 0 fully saturated rings. The molecule has 15 aromatic rings. The fourth-order valence-corrected chi connectivity index (χ4v) is 12.5. The lowest BCUT2D eigenvalue weighted by Crippen LogP contribution is -2.11. The second kappa shape index (κ2) is 15.6. The maximum absolute atomic E-state index is 2.63. The fraction of sp³-hybridized carbons (Fsp3) is 0.0294. The first-order chi connectivity index (χ1) is 35.7. The molecule has 338 valence electrons. The number of aryl methyl sites for hydroxylation is 2. The van der Waals surface area contributed by atoms with Crippen LogP contribution in [0.3, 0.4) is 0 Å². The van der Waals surface area contributed by atoms with Gasteiger partial charge in [-0.15, -0.1) is 0 Å². The molecule has 4 aromatic heterocycles. The minimum Gasteiger partial charge on any atom is -0.310 e. The number of nitrogens with zero attached hydrogens (tertiary/aromatic N) is 4. The first-order valence-electron chi connectivity index (χ1n) is 25.0. The van der Waals surface area contributed by atoms with Gasteiger partial charge in [0.05, 0.1) is 44.5 Å². The van der Waals surface area contributed by atoms with Crippen molar-refractivity contribution in [1.82, 2.24) is 8.80 Å². The SMILES string of the molecule is Cc1ccccc1N(c1ccccc1)c1ccc2c3c(-c4ccccc4)c4c(c(-c5ccccc5)c3n3c5ccccc5c1c23)c1ccc(N(c2ccccc2)c2ccccc2C)c2c3ccccc3n4c12. The molecule has 0 amide bonds. The van der Waals surface area contributed by atoms with Crippen LogP contribution < -0.4 is 9.80 Å². The minimum atomic E-state index is 1.12. The van der Waals surface area contributed by atoms with E-state index in [-0.39, 0.29) is 0 Å². The van der Waals surface area contributed by atoms with E-state index in [9.17, 15) is 0 Å². The van der Waals surface area contributed by atoms with Crippen LogP contribution in [-0.2, 0) is 0 Å². The minimum absolute atomic E-state index is 1.12. The van der Waals surface area contributed by atoms with Crippen molar-refractivity contribution in [3.05, 3.63) is 254 Å². The summed E-state index contributed by atoms with van der Waals surface area (Å²) in [6.45, 7) is 4.44. The molecule has 4 heterocycles. The second-order valence-electron chi connectivity index (χ2n) is 19.3. The summed E-state index contributed by atoms with van der Waals surface area (Å²) in [5, 5.41) is 9.90. The normalized spacial score (nSPS) is 12.0. The van der Waals surface area contributed by atoms with E-state index in [1.165, 1.54) is 110 Å². The van der Waals surface area contributed by atoms with Gasteiger partial charge in [-0.25, -0.2) is 0 Å². The Morgan fingerprint density at radius 2 is 0.611 bits per heavy atom. The van der Waals surface area contributed by atoms with E-state index in [2.05, 4.69) is 275 Å². The summed E-state index contributed by atoms with van der Waals surface area (Å²) in [5.41, 5.74) is 21.4. The molecule has 11 aromatic carbocycles. The third kappa shape index (κ3) is 5.57. The molecule has 0 radical (unpaired) electrons. The van der Waals surface area contributed by atoms with Crippen molar-refractivity contribution in [2.75, 3.05) is 9.80 Å². The van der Waals surface area contributed by atoms with Crippen LogP contribution in [0, 0.1) is 13.8 Å². The molecule has 0 aliphatic rings. The molecule has 0 atom stereocenters. The van der Waals surface area contributed by atoms with E-state index < -0.39 is 0 Å². The summed E-state index contributed by atoms with van der Waals surface area (Å²) >= 11 is 0. The highest BCUT2D eigenvalue weighted by Crippen LogP contribution is 2.57. The van der Waals surface area contributed by atoms with Crippen LogP contribution in [-0.4, -0.2) is 8.80 Å². The zero-order valence-electron chi connectivity index (χ0n) is 39.9. The maximum atomic E-state index is 2.63. The molecule has 0 aliphatic carbocycles. The van der Waals surface area contributed by atoms with Gasteiger partial charge >= 0.3 is 0 Å². The zero-order chi connectivity index (χ0) is 47.6. The monoisotopic (exact) mass is 918 g/mol. The molecule has 0 saturated heterocycles. The highest BCUT2D eigenvalue weighted by molar-refractivity contribution is 6.39. The molecular weight excluding hydrogens is 873 g/mol. The van der Waals surface area contributed by atoms with E-state index >= 15 is 0 Å². The van der Waals surface area contributed by atoms with Gasteiger partial charge in [-0.05, 0) is 96.8 Å². The second-order valence-corrected chi connectivity index (χ2v) is 19.3. The molecule has 0 aliphatic heterocycles. The van der Waals surface area contributed by atoms with Gasteiger partial charge < -0.3 is 18.6 Å². The average molecular weight is 919 g/mol. The zero-order valence-corrected chi connectivity index (χ0v) is 39.9. The third-order valence-corrected chi connectivity index (χ3v) is 15.4. The van der Waals surface area contributed by atoms with Crippen LogP contribution in [0.2, 0.25) is 0 Å². The number of aromatic nitrogens is 2. The van der Waals surface area contributed by atoms with Crippen LogP contribution in [0.1, 0.15) is 11.1 Å². The van der Waals surface area contributed by atoms with Gasteiger partial charge in [0.15, 0.2) is 0 Å². The number of hydrogen-bond donors (Lipinski definition) is 0. The molecule has 0 N–H and O–H groups in total. The predicted octanol–water partition coefficient (Wildman–Crippen LogP) is 18.9. The van der Waals surface area contributed by atoms with Crippen molar-refractivity contribution in [3.63, 3.8) is 0 Å². The van der Waals surface area contributed by atoms with Gasteiger partial charge in [-0.1, -0.05) is 182 Å². The van der Waals surface area contributed by atoms with E-state index in [0.29, 0.717) is 0 Å².